The summed E-state index contributed by atoms with van der Waals surface area (Å²) < 4.78 is 17.9. The molecule has 0 spiro atoms. The number of halogens is 1. The zero-order valence-electron chi connectivity index (χ0n) is 7.37. The Balaban J connectivity index is 2.44. The van der Waals surface area contributed by atoms with Gasteiger partial charge >= 0.3 is 5.97 Å². The van der Waals surface area contributed by atoms with Crippen LogP contribution >= 0.6 is 0 Å². The van der Waals surface area contributed by atoms with E-state index in [2.05, 4.69) is 0 Å². The third-order valence-electron chi connectivity index (χ3n) is 2.27. The van der Waals surface area contributed by atoms with Crippen molar-refractivity contribution in [3.05, 3.63) is 35.1 Å². The number of rotatable bonds is 1. The van der Waals surface area contributed by atoms with Crippen molar-refractivity contribution in [1.82, 2.24) is 0 Å². The largest absolute Gasteiger partial charge is 0.479 e. The van der Waals surface area contributed by atoms with Crippen molar-refractivity contribution in [2.75, 3.05) is 6.61 Å². The summed E-state index contributed by atoms with van der Waals surface area (Å²) in [5, 5.41) is 8.84. The van der Waals surface area contributed by atoms with Crippen molar-refractivity contribution in [3.8, 4) is 0 Å². The lowest BCUT2D eigenvalue weighted by Crippen LogP contribution is -2.23. The van der Waals surface area contributed by atoms with Crippen LogP contribution in [-0.4, -0.2) is 17.7 Å². The standard InChI is InChI=1S/C10H9FO3/c11-7-1-2-8-6(5-7)3-4-14-9(8)10(12)13/h1-2,5,9H,3-4H2,(H,12,13). The first kappa shape index (κ1) is 9.15. The molecular weight excluding hydrogens is 187 g/mol. The Labute approximate surface area is 80.1 Å². The van der Waals surface area contributed by atoms with Crippen molar-refractivity contribution in [3.63, 3.8) is 0 Å². The highest BCUT2D eigenvalue weighted by molar-refractivity contribution is 5.75. The average Bonchev–Trinajstić information content (AvgIpc) is 2.16. The Hall–Kier alpha value is -1.42. The molecule has 1 aromatic carbocycles. The number of benzene rings is 1. The van der Waals surface area contributed by atoms with Crippen molar-refractivity contribution in [1.29, 1.82) is 0 Å². The summed E-state index contributed by atoms with van der Waals surface area (Å²) in [6.07, 6.45) is -0.379. The molecule has 0 saturated heterocycles. The number of hydrogen-bond acceptors (Lipinski definition) is 2. The molecule has 1 aromatic rings. The van der Waals surface area contributed by atoms with E-state index in [1.54, 1.807) is 0 Å². The summed E-state index contributed by atoms with van der Waals surface area (Å²) in [7, 11) is 0. The number of ether oxygens (including phenoxy) is 1. The van der Waals surface area contributed by atoms with Crippen LogP contribution in [-0.2, 0) is 16.0 Å². The zero-order valence-corrected chi connectivity index (χ0v) is 7.37. The molecule has 1 N–H and O–H groups in total. The summed E-state index contributed by atoms with van der Waals surface area (Å²) in [6.45, 7) is 0.327. The van der Waals surface area contributed by atoms with Crippen molar-refractivity contribution in [2.24, 2.45) is 0 Å². The molecule has 1 unspecified atom stereocenters. The average molecular weight is 196 g/mol. The van der Waals surface area contributed by atoms with Crippen LogP contribution in [0.25, 0.3) is 0 Å². The molecule has 1 aliphatic rings. The van der Waals surface area contributed by atoms with Gasteiger partial charge in [0, 0.05) is 0 Å². The molecule has 1 atom stereocenters. The Bertz CT molecular complexity index is 376. The van der Waals surface area contributed by atoms with Gasteiger partial charge in [-0.2, -0.15) is 0 Å². The number of aliphatic carboxylic acids is 1. The molecule has 0 bridgehead atoms. The van der Waals surface area contributed by atoms with E-state index in [-0.39, 0.29) is 5.82 Å². The summed E-state index contributed by atoms with van der Waals surface area (Å²) in [6, 6.07) is 4.10. The number of carboxylic acids is 1. The molecule has 0 aromatic heterocycles. The normalized spacial score (nSPS) is 20.2. The molecule has 2 rings (SSSR count). The third kappa shape index (κ3) is 1.48. The molecule has 0 aliphatic carbocycles. The molecule has 74 valence electrons. The van der Waals surface area contributed by atoms with Crippen LogP contribution < -0.4 is 0 Å². The van der Waals surface area contributed by atoms with Gasteiger partial charge in [-0.05, 0) is 29.7 Å². The molecule has 14 heavy (non-hydrogen) atoms. The first-order valence-electron chi connectivity index (χ1n) is 4.31. The van der Waals surface area contributed by atoms with Crippen LogP contribution in [0, 0.1) is 5.82 Å². The van der Waals surface area contributed by atoms with Crippen LogP contribution in [0.4, 0.5) is 4.39 Å². The topological polar surface area (TPSA) is 46.5 Å². The Morgan fingerprint density at radius 1 is 1.57 bits per heavy atom. The van der Waals surface area contributed by atoms with Crippen LogP contribution in [0.15, 0.2) is 18.2 Å². The summed E-state index contributed by atoms with van der Waals surface area (Å²) >= 11 is 0. The van der Waals surface area contributed by atoms with E-state index in [4.69, 9.17) is 9.84 Å². The molecule has 0 radical (unpaired) electrons. The Kier molecular flexibility index (Phi) is 2.21. The zero-order chi connectivity index (χ0) is 10.1. The number of fused-ring (bicyclic) bond motifs is 1. The summed E-state index contributed by atoms with van der Waals surface area (Å²) in [5.74, 6) is -1.37. The van der Waals surface area contributed by atoms with Gasteiger partial charge in [0.15, 0.2) is 6.10 Å². The lowest BCUT2D eigenvalue weighted by molar-refractivity contribution is -0.151. The lowest BCUT2D eigenvalue weighted by Gasteiger charge is -2.22. The Morgan fingerprint density at radius 3 is 3.07 bits per heavy atom. The second kappa shape index (κ2) is 3.38. The maximum Gasteiger partial charge on any atom is 0.337 e. The fourth-order valence-electron chi connectivity index (χ4n) is 1.63. The van der Waals surface area contributed by atoms with Gasteiger partial charge in [0.25, 0.3) is 0 Å². The summed E-state index contributed by atoms with van der Waals surface area (Å²) in [4.78, 5) is 10.8. The van der Waals surface area contributed by atoms with Gasteiger partial charge in [-0.1, -0.05) is 6.07 Å². The maximum absolute atomic E-state index is 12.8. The van der Waals surface area contributed by atoms with Gasteiger partial charge in [0.1, 0.15) is 5.82 Å². The minimum atomic E-state index is -1.03. The number of carboxylic acid groups (broad SMARTS) is 1. The minimum Gasteiger partial charge on any atom is -0.479 e. The molecule has 3 nitrogen and oxygen atoms in total. The van der Waals surface area contributed by atoms with Crippen LogP contribution in [0.5, 0.6) is 0 Å². The highest BCUT2D eigenvalue weighted by Crippen LogP contribution is 2.27. The van der Waals surface area contributed by atoms with Crippen LogP contribution in [0.3, 0.4) is 0 Å². The van der Waals surface area contributed by atoms with E-state index < -0.39 is 12.1 Å². The Morgan fingerprint density at radius 2 is 2.36 bits per heavy atom. The second-order valence-corrected chi connectivity index (χ2v) is 3.18. The fraction of sp³-hybridized carbons (Fsp3) is 0.300. The third-order valence-corrected chi connectivity index (χ3v) is 2.27. The molecule has 4 heteroatoms. The molecule has 0 fully saturated rings. The highest BCUT2D eigenvalue weighted by atomic mass is 19.1. The molecule has 1 aliphatic heterocycles. The van der Waals surface area contributed by atoms with Crippen LogP contribution in [0.2, 0.25) is 0 Å². The SMILES string of the molecule is O=C(O)C1OCCc2cc(F)ccc21. The van der Waals surface area contributed by atoms with Gasteiger partial charge in [-0.25, -0.2) is 9.18 Å². The molecule has 0 saturated carbocycles. The van der Waals surface area contributed by atoms with Crippen molar-refractivity contribution < 1.29 is 19.0 Å². The number of hydrogen-bond donors (Lipinski definition) is 1. The maximum atomic E-state index is 12.8. The predicted molar refractivity (Wildman–Crippen MR) is 46.4 cm³/mol. The van der Waals surface area contributed by atoms with Crippen molar-refractivity contribution >= 4 is 5.97 Å². The first-order chi connectivity index (χ1) is 6.68. The van der Waals surface area contributed by atoms with E-state index in [0.717, 1.165) is 5.56 Å². The minimum absolute atomic E-state index is 0.327. The van der Waals surface area contributed by atoms with E-state index in [9.17, 15) is 9.18 Å². The van der Waals surface area contributed by atoms with E-state index in [0.29, 0.717) is 18.6 Å². The molecular formula is C10H9FO3. The molecule has 1 heterocycles. The smallest absolute Gasteiger partial charge is 0.337 e. The first-order valence-corrected chi connectivity index (χ1v) is 4.31. The van der Waals surface area contributed by atoms with Crippen LogP contribution in [0.1, 0.15) is 17.2 Å². The van der Waals surface area contributed by atoms with Crippen molar-refractivity contribution in [2.45, 2.75) is 12.5 Å². The van der Waals surface area contributed by atoms with Gasteiger partial charge in [-0.3, -0.25) is 0 Å². The predicted octanol–water partition coefficient (Wildman–Crippen LogP) is 1.52. The monoisotopic (exact) mass is 196 g/mol. The second-order valence-electron chi connectivity index (χ2n) is 3.18. The highest BCUT2D eigenvalue weighted by Gasteiger charge is 2.26. The summed E-state index contributed by atoms with van der Waals surface area (Å²) in [5.41, 5.74) is 1.29. The molecule has 0 amide bonds. The van der Waals surface area contributed by atoms with E-state index in [1.807, 2.05) is 0 Å². The fourth-order valence-corrected chi connectivity index (χ4v) is 1.63. The van der Waals surface area contributed by atoms with Gasteiger partial charge in [-0.15, -0.1) is 0 Å². The van der Waals surface area contributed by atoms with Gasteiger partial charge < -0.3 is 9.84 Å². The van der Waals surface area contributed by atoms with Gasteiger partial charge in [0.2, 0.25) is 0 Å². The lowest BCUT2D eigenvalue weighted by atomic mass is 9.97. The van der Waals surface area contributed by atoms with Gasteiger partial charge in [0.05, 0.1) is 6.61 Å². The quantitative estimate of drug-likeness (QED) is 0.740. The van der Waals surface area contributed by atoms with E-state index >= 15 is 0 Å². The number of carbonyl (C=O) groups is 1. The van der Waals surface area contributed by atoms with E-state index in [1.165, 1.54) is 18.2 Å².